The number of benzene rings is 2. The zero-order chi connectivity index (χ0) is 19.4. The van der Waals surface area contributed by atoms with E-state index in [2.05, 4.69) is 4.72 Å². The topological polar surface area (TPSA) is 109 Å². The fourth-order valence-corrected chi connectivity index (χ4v) is 3.66. The van der Waals surface area contributed by atoms with Gasteiger partial charge >= 0.3 is 7.12 Å². The lowest BCUT2D eigenvalue weighted by atomic mass is 9.77. The molecule has 9 heteroatoms. The molecule has 7 nitrogen and oxygen atoms in total. The van der Waals surface area contributed by atoms with Crippen LogP contribution in [0.25, 0.3) is 11.0 Å². The predicted octanol–water partition coefficient (Wildman–Crippen LogP) is 3.01. The van der Waals surface area contributed by atoms with Crippen molar-refractivity contribution in [1.29, 1.82) is 0 Å². The van der Waals surface area contributed by atoms with Gasteiger partial charge in [-0.25, -0.2) is 0 Å². The SMILES string of the molecule is Cc1ccc(CSNC(Cc2coc3ccccc23)B(O)O)cc1[N+](=O)[O-]. The molecular weight excluding hydrogens is 367 g/mol. The van der Waals surface area contributed by atoms with Gasteiger partial charge in [-0.3, -0.25) is 14.8 Å². The minimum atomic E-state index is -1.56. The van der Waals surface area contributed by atoms with E-state index in [0.29, 0.717) is 17.7 Å². The molecule has 0 fully saturated rings. The van der Waals surface area contributed by atoms with E-state index in [1.54, 1.807) is 19.3 Å². The molecule has 1 aromatic heterocycles. The van der Waals surface area contributed by atoms with Crippen LogP contribution in [0.4, 0.5) is 5.69 Å². The van der Waals surface area contributed by atoms with Crippen molar-refractivity contribution in [3.8, 4) is 0 Å². The lowest BCUT2D eigenvalue weighted by molar-refractivity contribution is -0.385. The van der Waals surface area contributed by atoms with Gasteiger partial charge in [0.15, 0.2) is 0 Å². The summed E-state index contributed by atoms with van der Waals surface area (Å²) in [7, 11) is -1.56. The van der Waals surface area contributed by atoms with E-state index < -0.39 is 18.0 Å². The first-order valence-electron chi connectivity index (χ1n) is 8.38. The number of para-hydroxylation sites is 1. The molecule has 1 heterocycles. The number of hydrogen-bond acceptors (Lipinski definition) is 7. The molecule has 0 radical (unpaired) electrons. The number of nitro groups is 1. The Kier molecular flexibility index (Phi) is 6.17. The molecule has 0 amide bonds. The number of rotatable bonds is 8. The van der Waals surface area contributed by atoms with Gasteiger partial charge in [-0.2, -0.15) is 0 Å². The van der Waals surface area contributed by atoms with Gasteiger partial charge in [-0.05, 0) is 30.5 Å². The second kappa shape index (κ2) is 8.58. The normalized spacial score (nSPS) is 12.3. The van der Waals surface area contributed by atoms with E-state index in [1.165, 1.54) is 18.0 Å². The van der Waals surface area contributed by atoms with Gasteiger partial charge in [0, 0.05) is 22.8 Å². The Bertz CT molecular complexity index is 946. The van der Waals surface area contributed by atoms with E-state index in [9.17, 15) is 20.2 Å². The fraction of sp³-hybridized carbons (Fsp3) is 0.222. The molecule has 0 saturated heterocycles. The van der Waals surface area contributed by atoms with Crippen LogP contribution in [-0.4, -0.2) is 28.0 Å². The number of hydrogen-bond donors (Lipinski definition) is 3. The largest absolute Gasteiger partial charge is 0.470 e. The highest BCUT2D eigenvalue weighted by Crippen LogP contribution is 2.24. The number of nitro benzene ring substituents is 1. The molecule has 0 saturated carbocycles. The molecule has 0 aliphatic rings. The number of nitrogens with zero attached hydrogens (tertiary/aromatic N) is 1. The second-order valence-corrected chi connectivity index (χ2v) is 7.08. The third-order valence-electron chi connectivity index (χ3n) is 4.30. The van der Waals surface area contributed by atoms with Crippen molar-refractivity contribution in [2.24, 2.45) is 0 Å². The van der Waals surface area contributed by atoms with E-state index in [1.807, 2.05) is 30.3 Å². The lowest BCUT2D eigenvalue weighted by Gasteiger charge is -2.16. The third kappa shape index (κ3) is 4.69. The Morgan fingerprint density at radius 3 is 2.81 bits per heavy atom. The van der Waals surface area contributed by atoms with Crippen molar-refractivity contribution < 1.29 is 19.4 Å². The van der Waals surface area contributed by atoms with E-state index in [0.717, 1.165) is 22.1 Å². The molecule has 3 rings (SSSR count). The lowest BCUT2D eigenvalue weighted by Crippen LogP contribution is -2.42. The van der Waals surface area contributed by atoms with Crippen molar-refractivity contribution in [2.45, 2.75) is 25.0 Å². The van der Waals surface area contributed by atoms with Crippen molar-refractivity contribution >= 4 is 35.7 Å². The van der Waals surface area contributed by atoms with Crippen LogP contribution in [0.15, 0.2) is 53.1 Å². The summed E-state index contributed by atoms with van der Waals surface area (Å²) in [4.78, 5) is 10.6. The first-order valence-corrected chi connectivity index (χ1v) is 9.36. The smallest absolute Gasteiger partial charge is 0.464 e. The second-order valence-electron chi connectivity index (χ2n) is 6.27. The monoisotopic (exact) mass is 386 g/mol. The maximum atomic E-state index is 11.0. The van der Waals surface area contributed by atoms with Gasteiger partial charge in [-0.1, -0.05) is 42.3 Å². The predicted molar refractivity (Wildman–Crippen MR) is 106 cm³/mol. The third-order valence-corrected chi connectivity index (χ3v) is 5.25. The fourth-order valence-electron chi connectivity index (χ4n) is 2.81. The Labute approximate surface area is 160 Å². The van der Waals surface area contributed by atoms with Crippen LogP contribution in [0.2, 0.25) is 0 Å². The van der Waals surface area contributed by atoms with Gasteiger partial charge in [-0.15, -0.1) is 0 Å². The van der Waals surface area contributed by atoms with Gasteiger partial charge in [0.2, 0.25) is 0 Å². The van der Waals surface area contributed by atoms with Crippen LogP contribution in [0.3, 0.4) is 0 Å². The van der Waals surface area contributed by atoms with Crippen LogP contribution >= 0.6 is 11.9 Å². The zero-order valence-corrected chi connectivity index (χ0v) is 15.5. The first kappa shape index (κ1) is 19.4. The Morgan fingerprint density at radius 2 is 2.07 bits per heavy atom. The van der Waals surface area contributed by atoms with Crippen LogP contribution in [0.1, 0.15) is 16.7 Å². The van der Waals surface area contributed by atoms with Crippen LogP contribution in [0, 0.1) is 17.0 Å². The van der Waals surface area contributed by atoms with Gasteiger partial charge < -0.3 is 14.5 Å². The molecule has 1 unspecified atom stereocenters. The Balaban J connectivity index is 1.64. The van der Waals surface area contributed by atoms with E-state index in [4.69, 9.17) is 4.42 Å². The van der Waals surface area contributed by atoms with Crippen molar-refractivity contribution in [3.05, 3.63) is 75.5 Å². The summed E-state index contributed by atoms with van der Waals surface area (Å²) in [6.45, 7) is 1.70. The molecule has 0 aliphatic carbocycles. The van der Waals surface area contributed by atoms with Gasteiger partial charge in [0.05, 0.1) is 17.1 Å². The standard InChI is InChI=1S/C18H19BN2O5S/c1-12-6-7-13(8-16(12)21(24)25)11-27-20-18(19(22)23)9-14-10-26-17-5-3-2-4-15(14)17/h2-8,10,18,20,22-23H,9,11H2,1H3. The summed E-state index contributed by atoms with van der Waals surface area (Å²) in [5.41, 5.74) is 3.10. The van der Waals surface area contributed by atoms with Gasteiger partial charge in [0.1, 0.15) is 5.58 Å². The van der Waals surface area contributed by atoms with Crippen molar-refractivity contribution in [1.82, 2.24) is 4.72 Å². The van der Waals surface area contributed by atoms with Crippen LogP contribution in [0.5, 0.6) is 0 Å². The summed E-state index contributed by atoms with van der Waals surface area (Å²) in [6, 6.07) is 12.6. The summed E-state index contributed by atoms with van der Waals surface area (Å²) < 4.78 is 8.53. The average Bonchev–Trinajstić information content (AvgIpc) is 3.05. The highest BCUT2D eigenvalue weighted by Gasteiger charge is 2.25. The molecule has 2 aromatic carbocycles. The Morgan fingerprint density at radius 1 is 1.30 bits per heavy atom. The number of aryl methyl sites for hydroxylation is 1. The van der Waals surface area contributed by atoms with Gasteiger partial charge in [0.25, 0.3) is 5.69 Å². The highest BCUT2D eigenvalue weighted by molar-refractivity contribution is 7.96. The maximum absolute atomic E-state index is 11.0. The minimum Gasteiger partial charge on any atom is -0.464 e. The molecule has 27 heavy (non-hydrogen) atoms. The number of fused-ring (bicyclic) bond motifs is 1. The van der Waals surface area contributed by atoms with Crippen LogP contribution < -0.4 is 4.72 Å². The first-order chi connectivity index (χ1) is 13.0. The van der Waals surface area contributed by atoms with Crippen LogP contribution in [-0.2, 0) is 12.2 Å². The quantitative estimate of drug-likeness (QED) is 0.236. The molecular formula is C18H19BN2O5S. The van der Waals surface area contributed by atoms with E-state index in [-0.39, 0.29) is 5.69 Å². The molecule has 3 aromatic rings. The minimum absolute atomic E-state index is 0.0803. The number of furan rings is 1. The molecule has 1 atom stereocenters. The Hall–Kier alpha value is -2.33. The molecule has 140 valence electrons. The molecule has 3 N–H and O–H groups in total. The molecule has 0 bridgehead atoms. The summed E-state index contributed by atoms with van der Waals surface area (Å²) in [5.74, 6) is -0.160. The molecule has 0 aliphatic heterocycles. The summed E-state index contributed by atoms with van der Waals surface area (Å²) in [5, 5.41) is 31.4. The zero-order valence-electron chi connectivity index (χ0n) is 14.7. The summed E-state index contributed by atoms with van der Waals surface area (Å²) >= 11 is 1.27. The highest BCUT2D eigenvalue weighted by atomic mass is 32.2. The molecule has 0 spiro atoms. The maximum Gasteiger partial charge on any atom is 0.470 e. The average molecular weight is 386 g/mol. The van der Waals surface area contributed by atoms with Crippen molar-refractivity contribution in [3.63, 3.8) is 0 Å². The van der Waals surface area contributed by atoms with E-state index >= 15 is 0 Å². The number of nitrogens with one attached hydrogen (secondary N) is 1. The van der Waals surface area contributed by atoms with Crippen molar-refractivity contribution in [2.75, 3.05) is 0 Å². The summed E-state index contributed by atoms with van der Waals surface area (Å²) in [6.07, 6.45) is 1.99.